The molecular formula is C21H23N3O4. The standard InChI is InChI=1S/C21H23N3O4/c1-27-19-10-9-18(22-23-19)20(25)15-11-16-7-8-17(12-15)24(16)21(26)28-13-14-5-3-2-4-6-14/h2-6,9-10,15-17H,7-8,11-13H2,1H3. The monoisotopic (exact) mass is 381 g/mol. The molecule has 28 heavy (non-hydrogen) atoms. The molecule has 0 saturated carbocycles. The van der Waals surface area contributed by atoms with Gasteiger partial charge in [0.2, 0.25) is 5.88 Å². The Morgan fingerprint density at radius 3 is 2.36 bits per heavy atom. The number of amides is 1. The fourth-order valence-corrected chi connectivity index (χ4v) is 4.25. The molecule has 2 unspecified atom stereocenters. The zero-order valence-corrected chi connectivity index (χ0v) is 15.8. The predicted octanol–water partition coefficient (Wildman–Crippen LogP) is 3.25. The van der Waals surface area contributed by atoms with Gasteiger partial charge < -0.3 is 14.4 Å². The van der Waals surface area contributed by atoms with Gasteiger partial charge in [0.05, 0.1) is 7.11 Å². The molecular weight excluding hydrogens is 358 g/mol. The van der Waals surface area contributed by atoms with Crippen molar-refractivity contribution in [1.29, 1.82) is 0 Å². The normalized spacial score (nSPS) is 23.3. The minimum atomic E-state index is -0.286. The molecule has 1 amide bonds. The summed E-state index contributed by atoms with van der Waals surface area (Å²) in [4.78, 5) is 27.3. The number of carbonyl (C=O) groups excluding carboxylic acids is 2. The molecule has 0 aliphatic carbocycles. The SMILES string of the molecule is COc1ccc(C(=O)C2CC3CCC(C2)N3C(=O)OCc2ccccc2)nn1. The van der Waals surface area contributed by atoms with E-state index < -0.39 is 0 Å². The quantitative estimate of drug-likeness (QED) is 0.740. The van der Waals surface area contributed by atoms with Gasteiger partial charge in [0, 0.05) is 24.1 Å². The first-order valence-corrected chi connectivity index (χ1v) is 9.56. The lowest BCUT2D eigenvalue weighted by Gasteiger charge is -2.37. The van der Waals surface area contributed by atoms with Crippen LogP contribution >= 0.6 is 0 Å². The number of nitrogens with zero attached hydrogens (tertiary/aromatic N) is 3. The summed E-state index contributed by atoms with van der Waals surface area (Å²) in [6.45, 7) is 0.263. The fourth-order valence-electron chi connectivity index (χ4n) is 4.25. The second-order valence-electron chi connectivity index (χ2n) is 7.33. The van der Waals surface area contributed by atoms with Crippen molar-refractivity contribution in [2.45, 2.75) is 44.4 Å². The van der Waals surface area contributed by atoms with Crippen molar-refractivity contribution in [3.05, 3.63) is 53.7 Å². The van der Waals surface area contributed by atoms with Crippen LogP contribution in [0.5, 0.6) is 5.88 Å². The Hall–Kier alpha value is -2.96. The molecule has 0 radical (unpaired) electrons. The van der Waals surface area contributed by atoms with Crippen LogP contribution in [0.3, 0.4) is 0 Å². The molecule has 2 atom stereocenters. The molecule has 7 heteroatoms. The molecule has 3 heterocycles. The first-order chi connectivity index (χ1) is 13.7. The highest BCUT2D eigenvalue weighted by Gasteiger charge is 2.46. The van der Waals surface area contributed by atoms with Crippen molar-refractivity contribution in [2.24, 2.45) is 5.92 Å². The number of rotatable bonds is 5. The van der Waals surface area contributed by atoms with Gasteiger partial charge in [-0.3, -0.25) is 4.79 Å². The van der Waals surface area contributed by atoms with Crippen molar-refractivity contribution >= 4 is 11.9 Å². The molecule has 7 nitrogen and oxygen atoms in total. The number of carbonyl (C=O) groups is 2. The lowest BCUT2D eigenvalue weighted by atomic mass is 9.86. The van der Waals surface area contributed by atoms with Gasteiger partial charge >= 0.3 is 6.09 Å². The van der Waals surface area contributed by atoms with E-state index in [0.717, 1.165) is 18.4 Å². The average Bonchev–Trinajstić information content (AvgIpc) is 3.01. The Balaban J connectivity index is 1.38. The highest BCUT2D eigenvalue weighted by molar-refractivity contribution is 5.96. The second-order valence-corrected chi connectivity index (χ2v) is 7.33. The molecule has 2 aliphatic heterocycles. The fraction of sp³-hybridized carbons (Fsp3) is 0.429. The van der Waals surface area contributed by atoms with Crippen LogP contribution in [0, 0.1) is 5.92 Å². The third-order valence-corrected chi connectivity index (χ3v) is 5.62. The predicted molar refractivity (Wildman–Crippen MR) is 101 cm³/mol. The number of hydrogen-bond acceptors (Lipinski definition) is 6. The maximum absolute atomic E-state index is 12.8. The Morgan fingerprint density at radius 2 is 1.75 bits per heavy atom. The Bertz CT molecular complexity index is 826. The third kappa shape index (κ3) is 3.69. The largest absolute Gasteiger partial charge is 0.480 e. The van der Waals surface area contributed by atoms with Gasteiger partial charge in [-0.25, -0.2) is 4.79 Å². The zero-order chi connectivity index (χ0) is 19.5. The van der Waals surface area contributed by atoms with Crippen LogP contribution in [0.15, 0.2) is 42.5 Å². The first kappa shape index (κ1) is 18.4. The summed E-state index contributed by atoms with van der Waals surface area (Å²) in [5, 5.41) is 7.87. The van der Waals surface area contributed by atoms with Crippen LogP contribution in [0.1, 0.15) is 41.7 Å². The van der Waals surface area contributed by atoms with Gasteiger partial charge in [0.15, 0.2) is 5.78 Å². The molecule has 2 fully saturated rings. The molecule has 2 aromatic rings. The average molecular weight is 381 g/mol. The molecule has 146 valence electrons. The van der Waals surface area contributed by atoms with Crippen LogP contribution in [0.4, 0.5) is 4.79 Å². The van der Waals surface area contributed by atoms with E-state index in [1.54, 1.807) is 12.1 Å². The van der Waals surface area contributed by atoms with Crippen LogP contribution in [-0.4, -0.2) is 46.2 Å². The van der Waals surface area contributed by atoms with Crippen LogP contribution < -0.4 is 4.74 Å². The van der Waals surface area contributed by atoms with E-state index in [1.807, 2.05) is 35.2 Å². The van der Waals surface area contributed by atoms with Gasteiger partial charge in [0.25, 0.3) is 0 Å². The van der Waals surface area contributed by atoms with E-state index >= 15 is 0 Å². The van der Waals surface area contributed by atoms with Gasteiger partial charge in [-0.05, 0) is 37.3 Å². The van der Waals surface area contributed by atoms with Gasteiger partial charge in [-0.2, -0.15) is 0 Å². The van der Waals surface area contributed by atoms with Crippen LogP contribution in [0.2, 0.25) is 0 Å². The minimum Gasteiger partial charge on any atom is -0.480 e. The number of piperidine rings is 1. The van der Waals surface area contributed by atoms with E-state index in [9.17, 15) is 9.59 Å². The minimum absolute atomic E-state index is 0.00986. The summed E-state index contributed by atoms with van der Waals surface area (Å²) in [5.41, 5.74) is 1.32. The number of methoxy groups -OCH3 is 1. The molecule has 4 rings (SSSR count). The highest BCUT2D eigenvalue weighted by Crippen LogP contribution is 2.40. The van der Waals surface area contributed by atoms with Crippen LogP contribution in [-0.2, 0) is 11.3 Å². The summed E-state index contributed by atoms with van der Waals surface area (Å²) in [6, 6.07) is 13.0. The molecule has 0 spiro atoms. The van der Waals surface area contributed by atoms with Gasteiger partial charge in [-0.15, -0.1) is 10.2 Å². The number of aromatic nitrogens is 2. The lowest BCUT2D eigenvalue weighted by molar-refractivity contribution is 0.0483. The summed E-state index contributed by atoms with van der Waals surface area (Å²) >= 11 is 0. The molecule has 1 aromatic heterocycles. The lowest BCUT2D eigenvalue weighted by Crippen LogP contribution is -2.48. The van der Waals surface area contributed by atoms with E-state index in [-0.39, 0.29) is 36.5 Å². The number of benzene rings is 1. The van der Waals surface area contributed by atoms with E-state index in [0.29, 0.717) is 24.4 Å². The molecule has 0 N–H and O–H groups in total. The smallest absolute Gasteiger partial charge is 0.410 e. The van der Waals surface area contributed by atoms with E-state index in [4.69, 9.17) is 9.47 Å². The Labute approximate surface area is 163 Å². The summed E-state index contributed by atoms with van der Waals surface area (Å²) in [5.74, 6) is 0.232. The summed E-state index contributed by atoms with van der Waals surface area (Å²) < 4.78 is 10.5. The third-order valence-electron chi connectivity index (χ3n) is 5.62. The number of fused-ring (bicyclic) bond motifs is 2. The van der Waals surface area contributed by atoms with Crippen molar-refractivity contribution in [1.82, 2.24) is 15.1 Å². The van der Waals surface area contributed by atoms with Gasteiger partial charge in [-0.1, -0.05) is 30.3 Å². The number of hydrogen-bond donors (Lipinski definition) is 0. The van der Waals surface area contributed by atoms with Crippen molar-refractivity contribution < 1.29 is 19.1 Å². The number of Topliss-reactive ketones (excluding diaryl/α,β-unsaturated/α-hetero) is 1. The van der Waals surface area contributed by atoms with Crippen LogP contribution in [0.25, 0.3) is 0 Å². The first-order valence-electron chi connectivity index (χ1n) is 9.56. The Kier molecular flexibility index (Phi) is 5.23. The maximum atomic E-state index is 12.8. The van der Waals surface area contributed by atoms with E-state index in [1.165, 1.54) is 7.11 Å². The Morgan fingerprint density at radius 1 is 1.04 bits per heavy atom. The highest BCUT2D eigenvalue weighted by atomic mass is 16.6. The van der Waals surface area contributed by atoms with Gasteiger partial charge in [0.1, 0.15) is 12.3 Å². The van der Waals surface area contributed by atoms with Crippen molar-refractivity contribution in [3.63, 3.8) is 0 Å². The maximum Gasteiger partial charge on any atom is 0.410 e. The summed E-state index contributed by atoms with van der Waals surface area (Å²) in [7, 11) is 1.51. The number of ether oxygens (including phenoxy) is 2. The van der Waals surface area contributed by atoms with E-state index in [2.05, 4.69) is 10.2 Å². The molecule has 2 bridgehead atoms. The second kappa shape index (κ2) is 7.96. The van der Waals surface area contributed by atoms with Crippen molar-refractivity contribution in [2.75, 3.05) is 7.11 Å². The van der Waals surface area contributed by atoms with Crippen molar-refractivity contribution in [3.8, 4) is 5.88 Å². The molecule has 1 aromatic carbocycles. The summed E-state index contributed by atoms with van der Waals surface area (Å²) in [6.07, 6.45) is 2.81. The molecule has 2 aliphatic rings. The molecule has 2 saturated heterocycles. The number of ketones is 1. The zero-order valence-electron chi connectivity index (χ0n) is 15.8. The topological polar surface area (TPSA) is 81.6 Å².